The smallest absolute Gasteiger partial charge is 0.247 e. The zero-order valence-electron chi connectivity index (χ0n) is 7.10. The second-order valence-electron chi connectivity index (χ2n) is 3.56. The molecule has 1 saturated carbocycles. The highest BCUT2D eigenvalue weighted by Crippen LogP contribution is 2.47. The first-order valence-corrected chi connectivity index (χ1v) is 4.32. The molecule has 2 rings (SSSR count). The number of carbonyl (C=O) groups is 1. The Bertz CT molecular complexity index is 295. The molecule has 2 fully saturated rings. The number of amides is 1. The summed E-state index contributed by atoms with van der Waals surface area (Å²) in [5.41, 5.74) is 6.59. The van der Waals surface area contributed by atoms with E-state index < -0.39 is 0 Å². The molecule has 1 heterocycles. The number of hydrogen-bond acceptors (Lipinski definition) is 4. The molecule has 5 nitrogen and oxygen atoms in total. The lowest BCUT2D eigenvalue weighted by Crippen LogP contribution is -2.38. The summed E-state index contributed by atoms with van der Waals surface area (Å²) in [5.74, 6) is 0.367. The molecule has 5 heteroatoms. The Hall–Kier alpha value is -1.44. The first kappa shape index (κ1) is 8.17. The van der Waals surface area contributed by atoms with Crippen molar-refractivity contribution in [2.75, 3.05) is 6.54 Å². The molecule has 1 aliphatic heterocycles. The second-order valence-corrected chi connectivity index (χ2v) is 3.56. The number of rotatable bonds is 2. The number of fused-ring (bicyclic) bond motifs is 1. The van der Waals surface area contributed by atoms with Crippen molar-refractivity contribution in [3.63, 3.8) is 0 Å². The fraction of sp³-hybridized carbons (Fsp3) is 0.750. The first-order chi connectivity index (χ1) is 6.27. The maximum absolute atomic E-state index is 11.4. The van der Waals surface area contributed by atoms with Gasteiger partial charge < -0.3 is 4.90 Å². The molecule has 2 aliphatic rings. The van der Waals surface area contributed by atoms with Crippen LogP contribution in [0.25, 0.3) is 0 Å². The van der Waals surface area contributed by atoms with Gasteiger partial charge in [-0.25, -0.2) is 5.53 Å². The van der Waals surface area contributed by atoms with Crippen LogP contribution in [0.4, 0.5) is 0 Å². The topological polar surface area (TPSA) is 80.3 Å². The fourth-order valence-corrected chi connectivity index (χ4v) is 2.08. The van der Waals surface area contributed by atoms with Crippen molar-refractivity contribution in [3.05, 3.63) is 0 Å². The van der Waals surface area contributed by atoms with Crippen LogP contribution in [0.3, 0.4) is 0 Å². The van der Waals surface area contributed by atoms with Gasteiger partial charge in [0.2, 0.25) is 5.91 Å². The average Bonchev–Trinajstić information content (AvgIpc) is 2.77. The van der Waals surface area contributed by atoms with E-state index in [0.29, 0.717) is 5.92 Å². The van der Waals surface area contributed by atoms with Crippen molar-refractivity contribution in [2.24, 2.45) is 11.0 Å². The van der Waals surface area contributed by atoms with Crippen molar-refractivity contribution >= 4 is 5.91 Å². The van der Waals surface area contributed by atoms with Crippen LogP contribution in [0.5, 0.6) is 0 Å². The Morgan fingerprint density at radius 3 is 3.08 bits per heavy atom. The molecule has 0 aromatic carbocycles. The van der Waals surface area contributed by atoms with E-state index in [4.69, 9.17) is 10.8 Å². The van der Waals surface area contributed by atoms with Crippen LogP contribution in [0.2, 0.25) is 0 Å². The van der Waals surface area contributed by atoms with Gasteiger partial charge in [-0.15, -0.1) is 0 Å². The lowest BCUT2D eigenvalue weighted by molar-refractivity contribution is -0.130. The number of carbonyl (C=O) groups excluding carboxylic acids is 1. The minimum absolute atomic E-state index is 0.110. The number of nitrogens with zero attached hydrogens (tertiary/aromatic N) is 3. The van der Waals surface area contributed by atoms with Gasteiger partial charge >= 0.3 is 0 Å². The number of nitrogens with one attached hydrogen (secondary N) is 1. The second kappa shape index (κ2) is 2.80. The third kappa shape index (κ3) is 1.18. The molecule has 1 aliphatic carbocycles. The van der Waals surface area contributed by atoms with Gasteiger partial charge in [-0.1, -0.05) is 0 Å². The van der Waals surface area contributed by atoms with Crippen molar-refractivity contribution in [3.8, 4) is 6.07 Å². The van der Waals surface area contributed by atoms with Gasteiger partial charge in [-0.3, -0.25) is 4.79 Å². The maximum Gasteiger partial charge on any atom is 0.247 e. The maximum atomic E-state index is 11.4. The Balaban J connectivity index is 2.08. The fourth-order valence-electron chi connectivity index (χ4n) is 2.08. The van der Waals surface area contributed by atoms with E-state index in [2.05, 4.69) is 11.2 Å². The van der Waals surface area contributed by atoms with Crippen LogP contribution < -0.4 is 0 Å². The van der Waals surface area contributed by atoms with Gasteiger partial charge in [0, 0.05) is 6.04 Å². The van der Waals surface area contributed by atoms with Gasteiger partial charge in [0.05, 0.1) is 6.07 Å². The van der Waals surface area contributed by atoms with E-state index >= 15 is 0 Å². The van der Waals surface area contributed by atoms with Gasteiger partial charge in [-0.05, 0) is 18.8 Å². The molecule has 0 spiro atoms. The van der Waals surface area contributed by atoms with Crippen LogP contribution >= 0.6 is 0 Å². The van der Waals surface area contributed by atoms with Crippen LogP contribution in [0.1, 0.15) is 12.8 Å². The van der Waals surface area contributed by atoms with Gasteiger partial charge in [0.25, 0.3) is 0 Å². The molecule has 2 unspecified atom stereocenters. The highest BCUT2D eigenvalue weighted by Gasteiger charge is 2.53. The third-order valence-corrected chi connectivity index (χ3v) is 2.76. The van der Waals surface area contributed by atoms with Crippen molar-refractivity contribution in [1.29, 1.82) is 10.8 Å². The lowest BCUT2D eigenvalue weighted by atomic mass is 10.2. The third-order valence-electron chi connectivity index (χ3n) is 2.76. The van der Waals surface area contributed by atoms with Gasteiger partial charge in [-0.2, -0.15) is 10.4 Å². The van der Waals surface area contributed by atoms with Gasteiger partial charge in [0.15, 0.2) is 0 Å². The number of piperidine rings is 1. The minimum atomic E-state index is -0.266. The van der Waals surface area contributed by atoms with Gasteiger partial charge in [0.1, 0.15) is 12.6 Å². The van der Waals surface area contributed by atoms with Crippen LogP contribution in [0, 0.1) is 22.8 Å². The molecular weight excluding hydrogens is 168 g/mol. The summed E-state index contributed by atoms with van der Waals surface area (Å²) in [6, 6.07) is 2.13. The molecule has 0 radical (unpaired) electrons. The summed E-state index contributed by atoms with van der Waals surface area (Å²) in [5, 5.41) is 11.8. The highest BCUT2D eigenvalue weighted by molar-refractivity contribution is 5.80. The molecule has 1 saturated heterocycles. The molecule has 3 atom stereocenters. The Morgan fingerprint density at radius 1 is 1.69 bits per heavy atom. The molecule has 13 heavy (non-hydrogen) atoms. The Labute approximate surface area is 75.8 Å². The predicted molar refractivity (Wildman–Crippen MR) is 42.8 cm³/mol. The monoisotopic (exact) mass is 178 g/mol. The average molecular weight is 178 g/mol. The van der Waals surface area contributed by atoms with Crippen LogP contribution in [-0.4, -0.2) is 29.4 Å². The normalized spacial score (nSPS) is 35.0. The van der Waals surface area contributed by atoms with E-state index in [9.17, 15) is 4.79 Å². The standard InChI is InChI=1S/C8H10N4O/c9-3-6-1-5-2-7(5)12(6)8(13)4-11-10/h5-7,10H,1-2,4H2/t5?,6-,7?/m0/s1. The molecule has 68 valence electrons. The first-order valence-electron chi connectivity index (χ1n) is 4.32. The van der Waals surface area contributed by atoms with E-state index in [1.165, 1.54) is 0 Å². The molecule has 1 amide bonds. The summed E-state index contributed by atoms with van der Waals surface area (Å²) >= 11 is 0. The van der Waals surface area contributed by atoms with Crippen molar-refractivity contribution < 1.29 is 4.79 Å². The van der Waals surface area contributed by atoms with Crippen molar-refractivity contribution in [2.45, 2.75) is 24.9 Å². The molecule has 0 aromatic rings. The number of likely N-dealkylation sites (tertiary alicyclic amines) is 1. The van der Waals surface area contributed by atoms with E-state index in [-0.39, 0.29) is 24.5 Å². The molecule has 1 N–H and O–H groups in total. The zero-order valence-corrected chi connectivity index (χ0v) is 7.10. The SMILES string of the molecule is N#C[C@@H]1CC2CC2N1C(=O)CN=N. The Morgan fingerprint density at radius 2 is 2.46 bits per heavy atom. The largest absolute Gasteiger partial charge is 0.322 e. The summed E-state index contributed by atoms with van der Waals surface area (Å²) in [6.07, 6.45) is 1.84. The summed E-state index contributed by atoms with van der Waals surface area (Å²) < 4.78 is 0. The summed E-state index contributed by atoms with van der Waals surface area (Å²) in [7, 11) is 0. The van der Waals surface area contributed by atoms with E-state index in [0.717, 1.165) is 12.8 Å². The van der Waals surface area contributed by atoms with Crippen LogP contribution in [-0.2, 0) is 4.79 Å². The highest BCUT2D eigenvalue weighted by atomic mass is 16.2. The van der Waals surface area contributed by atoms with E-state index in [1.807, 2.05) is 0 Å². The lowest BCUT2D eigenvalue weighted by Gasteiger charge is -2.21. The minimum Gasteiger partial charge on any atom is -0.322 e. The van der Waals surface area contributed by atoms with E-state index in [1.54, 1.807) is 4.90 Å². The molecular formula is C8H10N4O. The number of hydrogen-bond donors (Lipinski definition) is 1. The predicted octanol–water partition coefficient (Wildman–Crippen LogP) is 0.530. The quantitative estimate of drug-likeness (QED) is 0.626. The van der Waals surface area contributed by atoms with Crippen LogP contribution in [0.15, 0.2) is 5.11 Å². The van der Waals surface area contributed by atoms with Crippen molar-refractivity contribution in [1.82, 2.24) is 4.90 Å². The molecule has 0 bridgehead atoms. The Kier molecular flexibility index (Phi) is 1.76. The zero-order chi connectivity index (χ0) is 9.42. The summed E-state index contributed by atoms with van der Waals surface area (Å²) in [4.78, 5) is 13.0. The summed E-state index contributed by atoms with van der Waals surface area (Å²) in [6.45, 7) is -0.110. The number of nitriles is 1. The molecule has 0 aromatic heterocycles.